The molecule has 0 radical (unpaired) electrons. The average molecular weight is 349 g/mol. The molecule has 0 aliphatic rings. The molecule has 0 aliphatic carbocycles. The Hall–Kier alpha value is -0.840. The third-order valence-corrected chi connectivity index (χ3v) is 3.94. The third-order valence-electron chi connectivity index (χ3n) is 2.25. The van der Waals surface area contributed by atoms with Crippen molar-refractivity contribution >= 4 is 22.1 Å². The van der Waals surface area contributed by atoms with Crippen molar-refractivity contribution in [2.75, 3.05) is 20.4 Å². The van der Waals surface area contributed by atoms with E-state index >= 15 is 0 Å². The van der Waals surface area contributed by atoms with Gasteiger partial charge < -0.3 is 4.55 Å². The van der Waals surface area contributed by atoms with Crippen molar-refractivity contribution < 1.29 is 34.4 Å². The number of quaternary nitrogens is 1. The molecule has 0 fully saturated rings. The van der Waals surface area contributed by atoms with Crippen molar-refractivity contribution in [3.8, 4) is 0 Å². The van der Waals surface area contributed by atoms with E-state index < -0.39 is 15.6 Å². The maximum absolute atomic E-state index is 12.6. The Morgan fingerprint density at radius 2 is 1.57 bits per heavy atom. The Bertz CT molecular complexity index is 542. The number of benzene rings is 1. The first-order chi connectivity index (χ1) is 9.28. The molecule has 122 valence electrons. The molecule has 4 nitrogen and oxygen atoms in total. The van der Waals surface area contributed by atoms with Crippen LogP contribution >= 0.6 is 11.9 Å². The van der Waals surface area contributed by atoms with Crippen LogP contribution in [0.4, 0.5) is 17.6 Å². The zero-order valence-electron chi connectivity index (χ0n) is 11.5. The Balaban J connectivity index is 0.000000433. The SMILES string of the molecule is CS[N+](C)(C)Cc1ccc(F)cc1.O=S(=O)([O-])C(F)(F)F. The van der Waals surface area contributed by atoms with Crippen LogP contribution in [0.3, 0.4) is 0 Å². The number of rotatable bonds is 3. The van der Waals surface area contributed by atoms with Gasteiger partial charge in [-0.3, -0.25) is 3.89 Å². The van der Waals surface area contributed by atoms with Gasteiger partial charge in [-0.2, -0.15) is 13.2 Å². The van der Waals surface area contributed by atoms with Crippen LogP contribution in [0.25, 0.3) is 0 Å². The fraction of sp³-hybridized carbons (Fsp3) is 0.455. The summed E-state index contributed by atoms with van der Waals surface area (Å²) in [5, 5.41) is 0. The lowest BCUT2D eigenvalue weighted by atomic mass is 10.2. The summed E-state index contributed by atoms with van der Waals surface area (Å²) < 4.78 is 72.3. The first-order valence-electron chi connectivity index (χ1n) is 5.44. The molecule has 1 rings (SSSR count). The van der Waals surface area contributed by atoms with Gasteiger partial charge in [-0.25, -0.2) is 12.8 Å². The van der Waals surface area contributed by atoms with E-state index in [4.69, 9.17) is 13.0 Å². The van der Waals surface area contributed by atoms with E-state index in [-0.39, 0.29) is 5.82 Å². The molecule has 0 amide bonds. The van der Waals surface area contributed by atoms with Gasteiger partial charge in [0.25, 0.3) is 0 Å². The highest BCUT2D eigenvalue weighted by molar-refractivity contribution is 7.93. The predicted octanol–water partition coefficient (Wildman–Crippen LogP) is 2.73. The fourth-order valence-electron chi connectivity index (χ4n) is 1.09. The van der Waals surface area contributed by atoms with E-state index in [9.17, 15) is 17.6 Å². The highest BCUT2D eigenvalue weighted by Crippen LogP contribution is 2.20. The third kappa shape index (κ3) is 8.24. The van der Waals surface area contributed by atoms with E-state index in [0.29, 0.717) is 0 Å². The summed E-state index contributed by atoms with van der Waals surface area (Å²) in [6.45, 7) is 0.918. The highest BCUT2D eigenvalue weighted by Gasteiger charge is 2.36. The van der Waals surface area contributed by atoms with Crippen LogP contribution < -0.4 is 0 Å². The van der Waals surface area contributed by atoms with Gasteiger partial charge in [-0.1, -0.05) is 12.1 Å². The first kappa shape index (κ1) is 20.2. The minimum atomic E-state index is -6.09. The van der Waals surface area contributed by atoms with Gasteiger partial charge >= 0.3 is 5.51 Å². The topological polar surface area (TPSA) is 57.2 Å². The molecular formula is C11H15F4NO3S2. The molecule has 0 saturated heterocycles. The molecule has 0 unspecified atom stereocenters. The van der Waals surface area contributed by atoms with E-state index in [0.717, 1.165) is 10.4 Å². The van der Waals surface area contributed by atoms with Gasteiger partial charge in [0.2, 0.25) is 0 Å². The van der Waals surface area contributed by atoms with Crippen LogP contribution in [-0.4, -0.2) is 42.7 Å². The number of halogens is 4. The van der Waals surface area contributed by atoms with Crippen LogP contribution in [0.2, 0.25) is 0 Å². The maximum Gasteiger partial charge on any atom is 0.485 e. The second-order valence-electron chi connectivity index (χ2n) is 4.44. The highest BCUT2D eigenvalue weighted by atomic mass is 32.2. The standard InChI is InChI=1S/C10H15FNS.CHF3O3S/c1-12(2,13-3)8-9-4-6-10(11)7-5-9;2-1(3,4)8(5,6)7/h4-7H,8H2,1-3H3;(H,5,6,7)/q+1;/p-1. The lowest BCUT2D eigenvalue weighted by molar-refractivity contribution is -0.765. The van der Waals surface area contributed by atoms with E-state index in [1.54, 1.807) is 11.9 Å². The Labute approximate surface area is 125 Å². The van der Waals surface area contributed by atoms with Crippen molar-refractivity contribution in [2.24, 2.45) is 0 Å². The molecule has 0 saturated carbocycles. The van der Waals surface area contributed by atoms with Crippen LogP contribution in [0.15, 0.2) is 24.3 Å². The normalized spacial score (nSPS) is 12.6. The number of hydrogen-bond donors (Lipinski definition) is 0. The van der Waals surface area contributed by atoms with Crippen LogP contribution in [0, 0.1) is 5.82 Å². The van der Waals surface area contributed by atoms with Crippen molar-refractivity contribution in [1.82, 2.24) is 0 Å². The zero-order valence-corrected chi connectivity index (χ0v) is 13.1. The van der Waals surface area contributed by atoms with E-state index in [1.165, 1.54) is 17.7 Å². The summed E-state index contributed by atoms with van der Waals surface area (Å²) in [6.07, 6.45) is 2.07. The summed E-state index contributed by atoms with van der Waals surface area (Å²) in [5.74, 6) is -0.168. The molecule has 0 atom stereocenters. The quantitative estimate of drug-likeness (QED) is 0.277. The van der Waals surface area contributed by atoms with Crippen molar-refractivity contribution in [1.29, 1.82) is 0 Å². The number of hydrogen-bond acceptors (Lipinski definition) is 4. The molecule has 0 spiro atoms. The van der Waals surface area contributed by atoms with Crippen LogP contribution in [-0.2, 0) is 16.7 Å². The van der Waals surface area contributed by atoms with Gasteiger partial charge in [-0.15, -0.1) is 0 Å². The molecule has 0 heterocycles. The summed E-state index contributed by atoms with van der Waals surface area (Å²) in [6, 6.07) is 6.70. The first-order valence-corrected chi connectivity index (χ1v) is 8.03. The molecule has 1 aromatic rings. The fourth-order valence-corrected chi connectivity index (χ4v) is 1.37. The van der Waals surface area contributed by atoms with E-state index in [1.807, 2.05) is 12.1 Å². The Morgan fingerprint density at radius 1 is 1.19 bits per heavy atom. The summed E-state index contributed by atoms with van der Waals surface area (Å²) in [7, 11) is -1.82. The van der Waals surface area contributed by atoms with Crippen LogP contribution in [0.1, 0.15) is 5.56 Å². The molecule has 0 aliphatic heterocycles. The van der Waals surface area contributed by atoms with Crippen LogP contribution in [0.5, 0.6) is 0 Å². The van der Waals surface area contributed by atoms with Crippen molar-refractivity contribution in [3.05, 3.63) is 35.6 Å². The average Bonchev–Trinajstić information content (AvgIpc) is 2.30. The predicted molar refractivity (Wildman–Crippen MR) is 71.5 cm³/mol. The van der Waals surface area contributed by atoms with Gasteiger partial charge in [0, 0.05) is 11.8 Å². The molecule has 0 aromatic heterocycles. The molecule has 0 N–H and O–H groups in total. The Kier molecular flexibility index (Phi) is 7.13. The van der Waals surface area contributed by atoms with Crippen molar-refractivity contribution in [2.45, 2.75) is 12.1 Å². The molecule has 21 heavy (non-hydrogen) atoms. The molecule has 10 heteroatoms. The lowest BCUT2D eigenvalue weighted by Crippen LogP contribution is -2.29. The minimum absolute atomic E-state index is 0.168. The van der Waals surface area contributed by atoms with E-state index in [2.05, 4.69) is 20.4 Å². The zero-order chi connectivity index (χ0) is 16.9. The van der Waals surface area contributed by atoms with Gasteiger partial charge in [0.15, 0.2) is 10.1 Å². The van der Waals surface area contributed by atoms with Gasteiger partial charge in [0.1, 0.15) is 12.4 Å². The smallest absolute Gasteiger partial charge is 0.485 e. The Morgan fingerprint density at radius 3 is 1.86 bits per heavy atom. The number of alkyl halides is 3. The second kappa shape index (κ2) is 7.43. The largest absolute Gasteiger partial charge is 0.741 e. The summed E-state index contributed by atoms with van der Waals surface area (Å²) in [5.41, 5.74) is -4.48. The summed E-state index contributed by atoms with van der Waals surface area (Å²) >= 11 is 1.77. The van der Waals surface area contributed by atoms with Gasteiger partial charge in [-0.05, 0) is 12.1 Å². The molecular weight excluding hydrogens is 334 g/mol. The monoisotopic (exact) mass is 349 g/mol. The second-order valence-corrected chi connectivity index (χ2v) is 7.17. The van der Waals surface area contributed by atoms with Gasteiger partial charge in [0.05, 0.1) is 26.0 Å². The number of nitrogens with zero attached hydrogens (tertiary/aromatic N) is 1. The molecule has 0 bridgehead atoms. The van der Waals surface area contributed by atoms with Crippen molar-refractivity contribution in [3.63, 3.8) is 0 Å². The minimum Gasteiger partial charge on any atom is -0.741 e. The maximum atomic E-state index is 12.6. The molecule has 1 aromatic carbocycles. The summed E-state index contributed by atoms with van der Waals surface area (Å²) in [4.78, 5) is 0. The lowest BCUT2D eigenvalue weighted by Gasteiger charge is -2.25.